The summed E-state index contributed by atoms with van der Waals surface area (Å²) in [5, 5.41) is 0. The van der Waals surface area contributed by atoms with Crippen molar-refractivity contribution in [1.82, 2.24) is 4.90 Å². The van der Waals surface area contributed by atoms with Gasteiger partial charge in [0.2, 0.25) is 0 Å². The number of carbonyl (C=O) groups excluding carboxylic acids is 2. The largest absolute Gasteiger partial charge is 0.460 e. The molecule has 0 N–H and O–H groups in total. The minimum atomic E-state index is -0.434. The first kappa shape index (κ1) is 20.8. The van der Waals surface area contributed by atoms with Crippen LogP contribution < -0.4 is 0 Å². The van der Waals surface area contributed by atoms with Gasteiger partial charge in [0, 0.05) is 18.9 Å². The van der Waals surface area contributed by atoms with E-state index < -0.39 is 12.1 Å². The van der Waals surface area contributed by atoms with E-state index in [1.54, 1.807) is 0 Å². The topological polar surface area (TPSA) is 46.6 Å². The second-order valence-electron chi connectivity index (χ2n) is 6.62. The molecule has 0 spiro atoms. The molecule has 0 radical (unpaired) electrons. The van der Waals surface area contributed by atoms with Crippen LogP contribution in [0.5, 0.6) is 0 Å². The maximum absolute atomic E-state index is 12.7. The summed E-state index contributed by atoms with van der Waals surface area (Å²) in [5.74, 6) is -0.238. The fourth-order valence-electron chi connectivity index (χ4n) is 2.43. The Morgan fingerprint density at radius 2 is 1.68 bits per heavy atom. The van der Waals surface area contributed by atoms with Crippen molar-refractivity contribution in [2.24, 2.45) is 11.8 Å². The number of hydrogen-bond donors (Lipinski definition) is 0. The highest BCUT2D eigenvalue weighted by molar-refractivity contribution is 5.86. The van der Waals surface area contributed by atoms with Crippen LogP contribution in [0.2, 0.25) is 0 Å². The van der Waals surface area contributed by atoms with Crippen LogP contribution in [0, 0.1) is 11.8 Å². The van der Waals surface area contributed by atoms with E-state index >= 15 is 0 Å². The van der Waals surface area contributed by atoms with E-state index in [0.29, 0.717) is 0 Å². The molecule has 0 bridgehead atoms. The van der Waals surface area contributed by atoms with Gasteiger partial charge < -0.3 is 4.74 Å². The van der Waals surface area contributed by atoms with Crippen LogP contribution in [0.1, 0.15) is 54.9 Å². The van der Waals surface area contributed by atoms with Gasteiger partial charge in [0.1, 0.15) is 12.1 Å². The number of nitrogens with zero attached hydrogens (tertiary/aromatic N) is 1. The highest BCUT2D eigenvalue weighted by Crippen LogP contribution is 2.24. The number of allylic oxidation sites excluding steroid dienone is 2. The molecule has 128 valence electrons. The van der Waals surface area contributed by atoms with E-state index in [1.807, 2.05) is 65.6 Å². The van der Waals surface area contributed by atoms with Crippen LogP contribution >= 0.6 is 0 Å². The molecule has 0 aromatic rings. The van der Waals surface area contributed by atoms with Gasteiger partial charge in [0.05, 0.1) is 0 Å². The first-order valence-electron chi connectivity index (χ1n) is 8.17. The molecule has 22 heavy (non-hydrogen) atoms. The Morgan fingerprint density at radius 1 is 1.14 bits per heavy atom. The van der Waals surface area contributed by atoms with Crippen molar-refractivity contribution in [2.45, 2.75) is 73.1 Å². The molecule has 0 saturated heterocycles. The van der Waals surface area contributed by atoms with Crippen LogP contribution in [0.15, 0.2) is 12.2 Å². The van der Waals surface area contributed by atoms with Crippen molar-refractivity contribution >= 4 is 11.8 Å². The lowest BCUT2D eigenvalue weighted by Crippen LogP contribution is -2.54. The molecule has 0 aromatic carbocycles. The highest BCUT2D eigenvalue weighted by Gasteiger charge is 2.38. The Morgan fingerprint density at radius 3 is 2.05 bits per heavy atom. The molecule has 0 aromatic heterocycles. The lowest BCUT2D eigenvalue weighted by molar-refractivity contribution is -0.157. The first-order valence-corrected chi connectivity index (χ1v) is 8.17. The van der Waals surface area contributed by atoms with Crippen molar-refractivity contribution in [3.8, 4) is 0 Å². The molecular formula is C18H33NO3. The summed E-state index contributed by atoms with van der Waals surface area (Å²) >= 11 is 0. The van der Waals surface area contributed by atoms with Gasteiger partial charge in [0.25, 0.3) is 0 Å². The minimum Gasteiger partial charge on any atom is -0.460 e. The van der Waals surface area contributed by atoms with Gasteiger partial charge in [-0.15, -0.1) is 0 Å². The molecular weight excluding hydrogens is 278 g/mol. The van der Waals surface area contributed by atoms with Crippen LogP contribution in [0.3, 0.4) is 0 Å². The Hall–Kier alpha value is -1.16. The van der Waals surface area contributed by atoms with E-state index in [1.165, 1.54) is 6.92 Å². The van der Waals surface area contributed by atoms with Crippen LogP contribution in [0.4, 0.5) is 0 Å². The molecule has 0 aliphatic rings. The number of ketones is 1. The summed E-state index contributed by atoms with van der Waals surface area (Å²) in [4.78, 5) is 26.3. The fourth-order valence-corrected chi connectivity index (χ4v) is 2.43. The molecule has 0 aliphatic heterocycles. The van der Waals surface area contributed by atoms with Crippen LogP contribution in [-0.4, -0.2) is 41.9 Å². The molecule has 0 aliphatic carbocycles. The second-order valence-corrected chi connectivity index (χ2v) is 6.62. The Balaban J connectivity index is 5.60. The van der Waals surface area contributed by atoms with E-state index in [0.717, 1.165) is 6.42 Å². The molecule has 3 unspecified atom stereocenters. The zero-order chi connectivity index (χ0) is 17.4. The zero-order valence-corrected chi connectivity index (χ0v) is 15.4. The third kappa shape index (κ3) is 6.30. The smallest absolute Gasteiger partial charge is 0.302 e. The summed E-state index contributed by atoms with van der Waals surface area (Å²) in [6, 6.07) is -0.219. The third-order valence-electron chi connectivity index (χ3n) is 4.03. The zero-order valence-electron chi connectivity index (χ0n) is 15.4. The highest BCUT2D eigenvalue weighted by atomic mass is 16.5. The predicted molar refractivity (Wildman–Crippen MR) is 90.7 cm³/mol. The molecule has 4 heteroatoms. The van der Waals surface area contributed by atoms with Crippen molar-refractivity contribution in [3.63, 3.8) is 0 Å². The number of ether oxygens (including phenoxy) is 1. The Bertz CT molecular complexity index is 388. The van der Waals surface area contributed by atoms with Crippen molar-refractivity contribution in [1.29, 1.82) is 0 Å². The number of esters is 1. The van der Waals surface area contributed by atoms with E-state index in [4.69, 9.17) is 4.74 Å². The summed E-state index contributed by atoms with van der Waals surface area (Å²) < 4.78 is 5.58. The molecule has 0 heterocycles. The number of carbonyl (C=O) groups is 2. The summed E-state index contributed by atoms with van der Waals surface area (Å²) in [6.07, 6.45) is 4.37. The molecule has 0 amide bonds. The molecule has 0 fully saturated rings. The number of likely N-dealkylation sites (N-methyl/N-ethyl adjacent to an activating group) is 1. The van der Waals surface area contributed by atoms with Crippen molar-refractivity contribution in [2.75, 3.05) is 7.05 Å². The number of rotatable bonds is 9. The standard InChI is InChI=1S/C18H33NO3/c1-9-10-11-14(6)18(22-15(7)20)16(17(21)12(2)3)19(8)13(4)5/h9-10,12-14,16,18H,11H2,1-8H3/b10-9+. The van der Waals surface area contributed by atoms with E-state index in [-0.39, 0.29) is 29.6 Å². The summed E-state index contributed by atoms with van der Waals surface area (Å²) in [6.45, 7) is 13.3. The lowest BCUT2D eigenvalue weighted by Gasteiger charge is -2.38. The third-order valence-corrected chi connectivity index (χ3v) is 4.03. The van der Waals surface area contributed by atoms with Crippen LogP contribution in [-0.2, 0) is 14.3 Å². The normalized spacial score (nSPS) is 16.3. The van der Waals surface area contributed by atoms with Gasteiger partial charge in [0.15, 0.2) is 5.78 Å². The maximum atomic E-state index is 12.7. The minimum absolute atomic E-state index is 0.0778. The maximum Gasteiger partial charge on any atom is 0.302 e. The quantitative estimate of drug-likeness (QED) is 0.483. The average molecular weight is 311 g/mol. The molecule has 0 saturated carbocycles. The van der Waals surface area contributed by atoms with E-state index in [2.05, 4.69) is 0 Å². The van der Waals surface area contributed by atoms with Gasteiger partial charge in [-0.2, -0.15) is 0 Å². The van der Waals surface area contributed by atoms with Gasteiger partial charge in [-0.25, -0.2) is 0 Å². The second kappa shape index (κ2) is 9.78. The lowest BCUT2D eigenvalue weighted by atomic mass is 9.87. The SMILES string of the molecule is C/C=C/CC(C)C(OC(C)=O)C(C(=O)C(C)C)N(C)C(C)C. The summed E-state index contributed by atoms with van der Waals surface area (Å²) in [5.41, 5.74) is 0. The van der Waals surface area contributed by atoms with Gasteiger partial charge in [-0.3, -0.25) is 14.5 Å². The monoisotopic (exact) mass is 311 g/mol. The molecule has 0 rings (SSSR count). The van der Waals surface area contributed by atoms with E-state index in [9.17, 15) is 9.59 Å². The molecule has 4 nitrogen and oxygen atoms in total. The Labute approximate surface area is 135 Å². The van der Waals surface area contributed by atoms with Crippen molar-refractivity contribution < 1.29 is 14.3 Å². The average Bonchev–Trinajstić information content (AvgIpc) is 2.42. The van der Waals surface area contributed by atoms with Crippen molar-refractivity contribution in [3.05, 3.63) is 12.2 Å². The first-order chi connectivity index (χ1) is 10.1. The van der Waals surface area contributed by atoms with Gasteiger partial charge in [-0.05, 0) is 40.2 Å². The van der Waals surface area contributed by atoms with Gasteiger partial charge >= 0.3 is 5.97 Å². The Kier molecular flexibility index (Phi) is 9.26. The fraction of sp³-hybridized carbons (Fsp3) is 0.778. The summed E-state index contributed by atoms with van der Waals surface area (Å²) in [7, 11) is 1.93. The number of Topliss-reactive ketones (excluding diaryl/α,β-unsaturated/α-hetero) is 1. The predicted octanol–water partition coefficient (Wildman–Crippen LogP) is 3.45. The van der Waals surface area contributed by atoms with Gasteiger partial charge in [-0.1, -0.05) is 32.9 Å². The number of hydrogen-bond acceptors (Lipinski definition) is 4. The molecule has 3 atom stereocenters. The van der Waals surface area contributed by atoms with Crippen LogP contribution in [0.25, 0.3) is 0 Å².